The Morgan fingerprint density at radius 3 is 2.74 bits per heavy atom. The molecule has 0 radical (unpaired) electrons. The Labute approximate surface area is 112 Å². The van der Waals surface area contributed by atoms with Gasteiger partial charge in [-0.1, -0.05) is 30.3 Å². The first-order chi connectivity index (χ1) is 9.38. The van der Waals surface area contributed by atoms with Gasteiger partial charge in [0.2, 0.25) is 0 Å². The van der Waals surface area contributed by atoms with Crippen LogP contribution in [0, 0.1) is 11.3 Å². The van der Waals surface area contributed by atoms with Crippen molar-refractivity contribution in [2.24, 2.45) is 0 Å². The van der Waals surface area contributed by atoms with Crippen LogP contribution in [0.15, 0.2) is 42.7 Å². The molecule has 1 saturated heterocycles. The number of aromatic nitrogens is 2. The maximum Gasteiger partial charge on any atom is 0.183 e. The first-order valence-corrected chi connectivity index (χ1v) is 6.39. The molecule has 2 aromatic rings. The van der Waals surface area contributed by atoms with Gasteiger partial charge < -0.3 is 4.90 Å². The quantitative estimate of drug-likeness (QED) is 0.821. The topological polar surface area (TPSA) is 52.8 Å². The highest BCUT2D eigenvalue weighted by Crippen LogP contribution is 2.30. The molecular weight excluding hydrogens is 236 g/mol. The lowest BCUT2D eigenvalue weighted by molar-refractivity contribution is 0.774. The SMILES string of the molecule is N#Cc1nccnc1N1CCC(c2ccccc2)C1. The number of anilines is 1. The van der Waals surface area contributed by atoms with Crippen LogP contribution in [-0.4, -0.2) is 23.1 Å². The van der Waals surface area contributed by atoms with E-state index in [-0.39, 0.29) is 0 Å². The highest BCUT2D eigenvalue weighted by Gasteiger charge is 2.26. The lowest BCUT2D eigenvalue weighted by Crippen LogP contribution is -2.21. The average molecular weight is 250 g/mol. The Morgan fingerprint density at radius 1 is 1.16 bits per heavy atom. The molecule has 1 aliphatic rings. The first kappa shape index (κ1) is 11.7. The molecule has 1 atom stereocenters. The number of nitrogens with zero attached hydrogens (tertiary/aromatic N) is 4. The molecule has 1 unspecified atom stereocenters. The number of benzene rings is 1. The van der Waals surface area contributed by atoms with Crippen molar-refractivity contribution in [3.63, 3.8) is 0 Å². The maximum atomic E-state index is 9.08. The number of hydrogen-bond donors (Lipinski definition) is 0. The zero-order chi connectivity index (χ0) is 13.1. The van der Waals surface area contributed by atoms with Crippen LogP contribution in [0.5, 0.6) is 0 Å². The van der Waals surface area contributed by atoms with Crippen molar-refractivity contribution in [3.05, 3.63) is 54.0 Å². The number of nitriles is 1. The Bertz CT molecular complexity index is 603. The van der Waals surface area contributed by atoms with Crippen LogP contribution in [0.4, 0.5) is 5.82 Å². The van der Waals surface area contributed by atoms with Crippen LogP contribution in [0.2, 0.25) is 0 Å². The molecule has 4 nitrogen and oxygen atoms in total. The normalized spacial score (nSPS) is 18.3. The van der Waals surface area contributed by atoms with Gasteiger partial charge in [0.1, 0.15) is 6.07 Å². The molecule has 0 bridgehead atoms. The number of hydrogen-bond acceptors (Lipinski definition) is 4. The molecule has 1 fully saturated rings. The molecule has 4 heteroatoms. The second-order valence-corrected chi connectivity index (χ2v) is 4.68. The summed E-state index contributed by atoms with van der Waals surface area (Å²) in [6.07, 6.45) is 4.30. The molecule has 1 aliphatic heterocycles. The Kier molecular flexibility index (Phi) is 3.11. The standard InChI is InChI=1S/C15H14N4/c16-10-14-15(18-8-7-17-14)19-9-6-13(11-19)12-4-2-1-3-5-12/h1-5,7-8,13H,6,9,11H2. The Balaban J connectivity index is 1.81. The van der Waals surface area contributed by atoms with E-state index in [0.29, 0.717) is 17.4 Å². The lowest BCUT2D eigenvalue weighted by Gasteiger charge is -2.17. The van der Waals surface area contributed by atoms with Gasteiger partial charge in [-0.25, -0.2) is 9.97 Å². The van der Waals surface area contributed by atoms with Gasteiger partial charge in [0.25, 0.3) is 0 Å². The van der Waals surface area contributed by atoms with Gasteiger partial charge in [0.15, 0.2) is 11.5 Å². The molecular formula is C15H14N4. The fourth-order valence-electron chi connectivity index (χ4n) is 2.59. The van der Waals surface area contributed by atoms with E-state index in [9.17, 15) is 0 Å². The second-order valence-electron chi connectivity index (χ2n) is 4.68. The Morgan fingerprint density at radius 2 is 1.95 bits per heavy atom. The summed E-state index contributed by atoms with van der Waals surface area (Å²) < 4.78 is 0. The van der Waals surface area contributed by atoms with E-state index >= 15 is 0 Å². The fraction of sp³-hybridized carbons (Fsp3) is 0.267. The van der Waals surface area contributed by atoms with E-state index in [1.165, 1.54) is 5.56 Å². The molecule has 1 aromatic heterocycles. The van der Waals surface area contributed by atoms with Crippen molar-refractivity contribution in [2.75, 3.05) is 18.0 Å². The summed E-state index contributed by atoms with van der Waals surface area (Å²) in [5, 5.41) is 9.08. The molecule has 0 aliphatic carbocycles. The van der Waals surface area contributed by atoms with E-state index in [4.69, 9.17) is 5.26 Å². The molecule has 1 aromatic carbocycles. The lowest BCUT2D eigenvalue weighted by atomic mass is 9.99. The van der Waals surface area contributed by atoms with Gasteiger partial charge in [-0.05, 0) is 12.0 Å². The van der Waals surface area contributed by atoms with Crippen LogP contribution in [-0.2, 0) is 0 Å². The van der Waals surface area contributed by atoms with Gasteiger partial charge in [0.05, 0.1) is 0 Å². The number of rotatable bonds is 2. The summed E-state index contributed by atoms with van der Waals surface area (Å²) in [5.41, 5.74) is 1.77. The summed E-state index contributed by atoms with van der Waals surface area (Å²) >= 11 is 0. The molecule has 0 spiro atoms. The highest BCUT2D eigenvalue weighted by atomic mass is 15.2. The second kappa shape index (κ2) is 5.07. The third kappa shape index (κ3) is 2.27. The third-order valence-electron chi connectivity index (χ3n) is 3.54. The van der Waals surface area contributed by atoms with Crippen LogP contribution in [0.3, 0.4) is 0 Å². The molecule has 2 heterocycles. The molecule has 0 N–H and O–H groups in total. The molecule has 0 amide bonds. The average Bonchev–Trinajstić information content (AvgIpc) is 2.98. The van der Waals surface area contributed by atoms with Gasteiger partial charge in [-0.15, -0.1) is 0 Å². The Hall–Kier alpha value is -2.41. The van der Waals surface area contributed by atoms with E-state index in [0.717, 1.165) is 19.5 Å². The van der Waals surface area contributed by atoms with Crippen LogP contribution < -0.4 is 4.90 Å². The summed E-state index contributed by atoms with van der Waals surface area (Å²) in [7, 11) is 0. The zero-order valence-electron chi connectivity index (χ0n) is 10.5. The van der Waals surface area contributed by atoms with Crippen LogP contribution in [0.25, 0.3) is 0 Å². The smallest absolute Gasteiger partial charge is 0.183 e. The summed E-state index contributed by atoms with van der Waals surface area (Å²) in [6.45, 7) is 1.82. The van der Waals surface area contributed by atoms with E-state index in [1.807, 2.05) is 6.07 Å². The highest BCUT2D eigenvalue weighted by molar-refractivity contribution is 5.51. The summed E-state index contributed by atoms with van der Waals surface area (Å²) in [6, 6.07) is 12.6. The minimum atomic E-state index is 0.413. The van der Waals surface area contributed by atoms with Gasteiger partial charge >= 0.3 is 0 Å². The largest absolute Gasteiger partial charge is 0.354 e. The van der Waals surface area contributed by atoms with Crippen LogP contribution >= 0.6 is 0 Å². The van der Waals surface area contributed by atoms with Crippen molar-refractivity contribution in [1.29, 1.82) is 5.26 Å². The van der Waals surface area contributed by atoms with Gasteiger partial charge in [-0.3, -0.25) is 0 Å². The maximum absolute atomic E-state index is 9.08. The van der Waals surface area contributed by atoms with Gasteiger partial charge in [-0.2, -0.15) is 5.26 Å². The van der Waals surface area contributed by atoms with Crippen molar-refractivity contribution in [2.45, 2.75) is 12.3 Å². The first-order valence-electron chi connectivity index (χ1n) is 6.39. The zero-order valence-corrected chi connectivity index (χ0v) is 10.5. The summed E-state index contributed by atoms with van der Waals surface area (Å²) in [5.74, 6) is 1.22. The third-order valence-corrected chi connectivity index (χ3v) is 3.54. The summed E-state index contributed by atoms with van der Waals surface area (Å²) in [4.78, 5) is 10.5. The van der Waals surface area contributed by atoms with Crippen molar-refractivity contribution in [1.82, 2.24) is 9.97 Å². The predicted molar refractivity (Wildman–Crippen MR) is 72.8 cm³/mol. The molecule has 0 saturated carbocycles. The van der Waals surface area contributed by atoms with E-state index < -0.39 is 0 Å². The monoisotopic (exact) mass is 250 g/mol. The minimum absolute atomic E-state index is 0.413. The van der Waals surface area contributed by atoms with Crippen molar-refractivity contribution < 1.29 is 0 Å². The minimum Gasteiger partial charge on any atom is -0.354 e. The molecule has 19 heavy (non-hydrogen) atoms. The van der Waals surface area contributed by atoms with E-state index in [2.05, 4.69) is 45.2 Å². The molecule has 3 rings (SSSR count). The van der Waals surface area contributed by atoms with Gasteiger partial charge in [0, 0.05) is 31.4 Å². The van der Waals surface area contributed by atoms with E-state index in [1.54, 1.807) is 12.4 Å². The fourth-order valence-corrected chi connectivity index (χ4v) is 2.59. The molecule has 94 valence electrons. The van der Waals surface area contributed by atoms with Crippen LogP contribution in [0.1, 0.15) is 23.6 Å². The predicted octanol–water partition coefficient (Wildman–Crippen LogP) is 2.34. The van der Waals surface area contributed by atoms with Crippen molar-refractivity contribution >= 4 is 5.82 Å². The van der Waals surface area contributed by atoms with Crippen molar-refractivity contribution in [3.8, 4) is 6.07 Å².